The van der Waals surface area contributed by atoms with Crippen molar-refractivity contribution in [3.05, 3.63) is 83.6 Å². The number of aromatic nitrogens is 3. The highest BCUT2D eigenvalue weighted by Crippen LogP contribution is 2.19. The summed E-state index contributed by atoms with van der Waals surface area (Å²) in [7, 11) is 0. The molecule has 1 fully saturated rings. The molecule has 0 spiro atoms. The van der Waals surface area contributed by atoms with Crippen molar-refractivity contribution in [1.82, 2.24) is 24.8 Å². The number of Topliss-reactive ketones (excluding diaryl/α,β-unsaturated/α-hetero) is 1. The Bertz CT molecular complexity index is 1360. The fraction of sp³-hybridized carbons (Fsp3) is 0.192. The smallest absolute Gasteiger partial charge is 0.272 e. The number of pyridine rings is 1. The van der Waals surface area contributed by atoms with E-state index in [0.717, 1.165) is 11.0 Å². The number of para-hydroxylation sites is 2. The van der Waals surface area contributed by atoms with Crippen LogP contribution >= 0.6 is 0 Å². The number of ketones is 1. The fourth-order valence-electron chi connectivity index (χ4n) is 4.06. The molecule has 0 radical (unpaired) electrons. The molecule has 4 aromatic rings. The second-order valence-electron chi connectivity index (χ2n) is 8.19. The van der Waals surface area contributed by atoms with E-state index in [4.69, 9.17) is 5.26 Å². The summed E-state index contributed by atoms with van der Waals surface area (Å²) in [6.45, 7) is 2.55. The molecular weight excluding hydrogens is 428 g/mol. The van der Waals surface area contributed by atoms with Crippen LogP contribution in [0.15, 0.2) is 66.7 Å². The van der Waals surface area contributed by atoms with E-state index in [1.165, 1.54) is 0 Å². The molecule has 3 heterocycles. The first kappa shape index (κ1) is 21.5. The van der Waals surface area contributed by atoms with Gasteiger partial charge in [0.2, 0.25) is 0 Å². The predicted molar refractivity (Wildman–Crippen MR) is 127 cm³/mol. The zero-order valence-corrected chi connectivity index (χ0v) is 18.4. The molecule has 2 aromatic heterocycles. The second-order valence-corrected chi connectivity index (χ2v) is 8.19. The Hall–Kier alpha value is -4.35. The van der Waals surface area contributed by atoms with Crippen LogP contribution in [0, 0.1) is 11.3 Å². The van der Waals surface area contributed by atoms with Gasteiger partial charge in [-0.15, -0.1) is 0 Å². The van der Waals surface area contributed by atoms with Crippen molar-refractivity contribution < 1.29 is 9.59 Å². The van der Waals surface area contributed by atoms with Gasteiger partial charge in [-0.3, -0.25) is 14.5 Å². The number of carbonyl (C=O) groups is 2. The minimum atomic E-state index is -0.129. The normalized spacial score (nSPS) is 14.1. The highest BCUT2D eigenvalue weighted by molar-refractivity contribution is 5.97. The quantitative estimate of drug-likeness (QED) is 0.468. The predicted octanol–water partition coefficient (Wildman–Crippen LogP) is 3.14. The van der Waals surface area contributed by atoms with E-state index in [2.05, 4.69) is 21.0 Å². The molecule has 1 aliphatic heterocycles. The lowest BCUT2D eigenvalue weighted by molar-refractivity contribution is 0.0619. The molecule has 5 rings (SSSR count). The maximum Gasteiger partial charge on any atom is 0.272 e. The lowest BCUT2D eigenvalue weighted by atomic mass is 10.1. The number of rotatable bonds is 5. The molecule has 34 heavy (non-hydrogen) atoms. The van der Waals surface area contributed by atoms with Crippen LogP contribution in [0.5, 0.6) is 0 Å². The number of nitrogens with zero attached hydrogens (tertiary/aromatic N) is 5. The SMILES string of the molecule is N#Cc1ccc(C(=O)CN2CCN(C(=O)c3cccc(-c4nc5ccccc5[nH]4)n3)CC2)cc1. The van der Waals surface area contributed by atoms with E-state index >= 15 is 0 Å². The van der Waals surface area contributed by atoms with E-state index in [0.29, 0.717) is 54.5 Å². The third kappa shape index (κ3) is 4.42. The standard InChI is InChI=1S/C26H22N6O2/c27-16-18-8-10-19(11-9-18)24(33)17-31-12-14-32(15-13-31)26(34)23-7-3-6-22(28-23)25-29-20-4-1-2-5-21(20)30-25/h1-11H,12-15,17H2,(H,29,30). The summed E-state index contributed by atoms with van der Waals surface area (Å²) in [4.78, 5) is 41.8. The van der Waals surface area contributed by atoms with Crippen LogP contribution < -0.4 is 0 Å². The van der Waals surface area contributed by atoms with Gasteiger partial charge in [-0.2, -0.15) is 5.26 Å². The van der Waals surface area contributed by atoms with Gasteiger partial charge in [0.15, 0.2) is 11.6 Å². The maximum absolute atomic E-state index is 13.1. The highest BCUT2D eigenvalue weighted by Gasteiger charge is 2.24. The van der Waals surface area contributed by atoms with Crippen LogP contribution in [0.25, 0.3) is 22.6 Å². The molecule has 2 aromatic carbocycles. The van der Waals surface area contributed by atoms with Gasteiger partial charge < -0.3 is 9.88 Å². The lowest BCUT2D eigenvalue weighted by Gasteiger charge is -2.34. The van der Waals surface area contributed by atoms with Gasteiger partial charge in [0.1, 0.15) is 11.4 Å². The number of amides is 1. The molecule has 1 saturated heterocycles. The minimum absolute atomic E-state index is 0.00414. The Morgan fingerprint density at radius 1 is 0.912 bits per heavy atom. The third-order valence-electron chi connectivity index (χ3n) is 5.96. The summed E-state index contributed by atoms with van der Waals surface area (Å²) >= 11 is 0. The number of hydrogen-bond acceptors (Lipinski definition) is 6. The van der Waals surface area contributed by atoms with Crippen molar-refractivity contribution >= 4 is 22.7 Å². The number of benzene rings is 2. The maximum atomic E-state index is 13.1. The summed E-state index contributed by atoms with van der Waals surface area (Å²) in [6.07, 6.45) is 0. The van der Waals surface area contributed by atoms with E-state index in [9.17, 15) is 9.59 Å². The molecule has 0 aliphatic carbocycles. The molecule has 0 saturated carbocycles. The third-order valence-corrected chi connectivity index (χ3v) is 5.96. The number of carbonyl (C=O) groups excluding carboxylic acids is 2. The molecule has 1 aliphatic rings. The van der Waals surface area contributed by atoms with Crippen molar-refractivity contribution in [2.45, 2.75) is 0 Å². The molecule has 1 N–H and O–H groups in total. The van der Waals surface area contributed by atoms with Crippen LogP contribution in [0.2, 0.25) is 0 Å². The topological polar surface area (TPSA) is 106 Å². The molecule has 0 bridgehead atoms. The molecule has 0 unspecified atom stereocenters. The van der Waals surface area contributed by atoms with Gasteiger partial charge in [-0.05, 0) is 36.4 Å². The summed E-state index contributed by atoms with van der Waals surface area (Å²) in [5.41, 5.74) is 3.88. The minimum Gasteiger partial charge on any atom is -0.337 e. The fourth-order valence-corrected chi connectivity index (χ4v) is 4.06. The second kappa shape index (κ2) is 9.25. The van der Waals surface area contributed by atoms with Crippen molar-refractivity contribution in [2.24, 2.45) is 0 Å². The molecule has 0 atom stereocenters. The van der Waals surface area contributed by atoms with Crippen LogP contribution in [0.1, 0.15) is 26.4 Å². The van der Waals surface area contributed by atoms with Crippen molar-refractivity contribution in [3.63, 3.8) is 0 Å². The number of hydrogen-bond donors (Lipinski definition) is 1. The van der Waals surface area contributed by atoms with Crippen molar-refractivity contribution in [1.29, 1.82) is 5.26 Å². The zero-order valence-electron chi connectivity index (χ0n) is 18.4. The van der Waals surface area contributed by atoms with Gasteiger partial charge in [0.25, 0.3) is 5.91 Å². The van der Waals surface area contributed by atoms with Gasteiger partial charge >= 0.3 is 0 Å². The first-order valence-corrected chi connectivity index (χ1v) is 11.1. The highest BCUT2D eigenvalue weighted by atomic mass is 16.2. The average molecular weight is 451 g/mol. The van der Waals surface area contributed by atoms with Crippen LogP contribution in [0.3, 0.4) is 0 Å². The van der Waals surface area contributed by atoms with Crippen LogP contribution in [-0.2, 0) is 0 Å². The number of nitriles is 1. The Balaban J connectivity index is 1.21. The van der Waals surface area contributed by atoms with Crippen LogP contribution in [-0.4, -0.2) is 69.2 Å². The first-order valence-electron chi connectivity index (χ1n) is 11.1. The summed E-state index contributed by atoms with van der Waals surface area (Å²) in [5, 5.41) is 8.90. The van der Waals surface area contributed by atoms with E-state index in [1.807, 2.05) is 41.3 Å². The van der Waals surface area contributed by atoms with Crippen molar-refractivity contribution in [3.8, 4) is 17.6 Å². The Morgan fingerprint density at radius 3 is 2.41 bits per heavy atom. The number of imidazole rings is 1. The number of aromatic amines is 1. The molecule has 168 valence electrons. The van der Waals surface area contributed by atoms with Crippen LogP contribution in [0.4, 0.5) is 0 Å². The number of fused-ring (bicyclic) bond motifs is 1. The number of nitrogens with one attached hydrogen (secondary N) is 1. The Kier molecular flexibility index (Phi) is 5.85. The van der Waals surface area contributed by atoms with Gasteiger partial charge in [0.05, 0.1) is 29.2 Å². The first-order chi connectivity index (χ1) is 16.6. The van der Waals surface area contributed by atoms with Gasteiger partial charge in [-0.1, -0.05) is 30.3 Å². The summed E-state index contributed by atoms with van der Waals surface area (Å²) < 4.78 is 0. The van der Waals surface area contributed by atoms with E-state index in [-0.39, 0.29) is 18.2 Å². The van der Waals surface area contributed by atoms with Crippen molar-refractivity contribution in [2.75, 3.05) is 32.7 Å². The van der Waals surface area contributed by atoms with E-state index in [1.54, 1.807) is 35.2 Å². The van der Waals surface area contributed by atoms with E-state index < -0.39 is 0 Å². The Labute approximate surface area is 196 Å². The van der Waals surface area contributed by atoms with Gasteiger partial charge in [-0.25, -0.2) is 9.97 Å². The lowest BCUT2D eigenvalue weighted by Crippen LogP contribution is -2.50. The summed E-state index contributed by atoms with van der Waals surface area (Å²) in [6, 6.07) is 21.8. The zero-order chi connectivity index (χ0) is 23.5. The van der Waals surface area contributed by atoms with Gasteiger partial charge in [0, 0.05) is 31.7 Å². The molecule has 8 nitrogen and oxygen atoms in total. The average Bonchev–Trinajstić information content (AvgIpc) is 3.33. The molecular formula is C26H22N6O2. The number of piperazine rings is 1. The molecule has 1 amide bonds. The number of H-pyrrole nitrogens is 1. The molecule has 8 heteroatoms. The monoisotopic (exact) mass is 450 g/mol. The Morgan fingerprint density at radius 2 is 1.68 bits per heavy atom. The summed E-state index contributed by atoms with van der Waals surface area (Å²) in [5.74, 6) is 0.502. The largest absolute Gasteiger partial charge is 0.337 e.